The molecular weight excluding hydrogens is 455 g/mol. The fraction of sp³-hybridized carbons (Fsp3) is 0.333. The Bertz CT molecular complexity index is 1090. The van der Waals surface area contributed by atoms with E-state index in [0.717, 1.165) is 12.7 Å². The van der Waals surface area contributed by atoms with E-state index < -0.39 is 23.4 Å². The highest BCUT2D eigenvalue weighted by Gasteiger charge is 2.22. The van der Waals surface area contributed by atoms with Gasteiger partial charge in [0, 0.05) is 31.0 Å². The molecule has 184 valence electrons. The molecule has 2 heterocycles. The van der Waals surface area contributed by atoms with Gasteiger partial charge in [-0.3, -0.25) is 9.78 Å². The molecule has 2 atom stereocenters. The van der Waals surface area contributed by atoms with Crippen LogP contribution in [0.5, 0.6) is 0 Å². The van der Waals surface area contributed by atoms with E-state index in [0.29, 0.717) is 41.8 Å². The summed E-state index contributed by atoms with van der Waals surface area (Å²) < 4.78 is 47.5. The van der Waals surface area contributed by atoms with Crippen molar-refractivity contribution in [1.29, 1.82) is 0 Å². The number of nitrogens with one attached hydrogen (secondary N) is 2. The van der Waals surface area contributed by atoms with Crippen LogP contribution < -0.4 is 10.6 Å². The summed E-state index contributed by atoms with van der Waals surface area (Å²) in [5.41, 5.74) is 2.10. The summed E-state index contributed by atoms with van der Waals surface area (Å²) >= 11 is 0. The quantitative estimate of drug-likeness (QED) is 0.475. The Morgan fingerprint density at radius 2 is 1.66 bits per heavy atom. The summed E-state index contributed by atoms with van der Waals surface area (Å²) in [7, 11) is 0. The van der Waals surface area contributed by atoms with Gasteiger partial charge in [0.1, 0.15) is 17.5 Å². The third-order valence-electron chi connectivity index (χ3n) is 6.16. The number of ether oxygens (including phenoxy) is 1. The summed E-state index contributed by atoms with van der Waals surface area (Å²) in [6, 6.07) is 11.7. The van der Waals surface area contributed by atoms with Gasteiger partial charge < -0.3 is 15.4 Å². The van der Waals surface area contributed by atoms with Gasteiger partial charge in [-0.2, -0.15) is 0 Å². The van der Waals surface area contributed by atoms with Crippen molar-refractivity contribution in [3.8, 4) is 0 Å². The average Bonchev–Trinajstić information content (AvgIpc) is 2.83. The topological polar surface area (TPSA) is 63.2 Å². The number of anilines is 1. The van der Waals surface area contributed by atoms with Crippen LogP contribution >= 0.6 is 0 Å². The number of rotatable bonds is 8. The maximum absolute atomic E-state index is 14.7. The van der Waals surface area contributed by atoms with Crippen molar-refractivity contribution in [2.24, 2.45) is 0 Å². The van der Waals surface area contributed by atoms with Crippen LogP contribution in [0.25, 0.3) is 0 Å². The van der Waals surface area contributed by atoms with Gasteiger partial charge in [0.2, 0.25) is 5.91 Å². The zero-order valence-electron chi connectivity index (χ0n) is 19.4. The maximum Gasteiger partial charge on any atom is 0.225 e. The Hall–Kier alpha value is -3.23. The van der Waals surface area contributed by atoms with E-state index >= 15 is 0 Å². The molecule has 0 bridgehead atoms. The lowest BCUT2D eigenvalue weighted by atomic mass is 9.88. The normalized spacial score (nSPS) is 18.0. The molecule has 0 spiro atoms. The van der Waals surface area contributed by atoms with Crippen molar-refractivity contribution in [1.82, 2.24) is 10.3 Å². The van der Waals surface area contributed by atoms with Gasteiger partial charge >= 0.3 is 0 Å². The number of hydrogen-bond donors (Lipinski definition) is 2. The molecule has 1 fully saturated rings. The lowest BCUT2D eigenvalue weighted by Gasteiger charge is -2.29. The highest BCUT2D eigenvalue weighted by molar-refractivity contribution is 5.92. The lowest BCUT2D eigenvalue weighted by Crippen LogP contribution is -2.43. The molecule has 0 aliphatic carbocycles. The molecule has 2 aromatic carbocycles. The van der Waals surface area contributed by atoms with Crippen molar-refractivity contribution >= 4 is 11.6 Å². The van der Waals surface area contributed by atoms with Gasteiger partial charge in [-0.1, -0.05) is 24.3 Å². The van der Waals surface area contributed by atoms with Crippen molar-refractivity contribution < 1.29 is 22.7 Å². The third kappa shape index (κ3) is 6.68. The first-order chi connectivity index (χ1) is 16.9. The molecular formula is C27H28F3N3O2. The number of hydrogen-bond acceptors (Lipinski definition) is 4. The molecule has 0 unspecified atom stereocenters. The monoisotopic (exact) mass is 483 g/mol. The van der Waals surface area contributed by atoms with Crippen LogP contribution in [-0.4, -0.2) is 36.2 Å². The zero-order chi connectivity index (χ0) is 24.8. The first kappa shape index (κ1) is 24.9. The van der Waals surface area contributed by atoms with Gasteiger partial charge in [-0.05, 0) is 55.2 Å². The van der Waals surface area contributed by atoms with E-state index in [1.165, 1.54) is 30.5 Å². The minimum Gasteiger partial charge on any atom is -0.373 e. The molecule has 8 heteroatoms. The molecule has 4 rings (SSSR count). The molecule has 5 nitrogen and oxygen atoms in total. The number of nitrogens with zero attached hydrogens (tertiary/aromatic N) is 1. The second kappa shape index (κ2) is 11.5. The number of morpholine rings is 1. The molecule has 2 N–H and O–H groups in total. The van der Waals surface area contributed by atoms with Crippen LogP contribution in [0.1, 0.15) is 42.4 Å². The Labute approximate surface area is 202 Å². The van der Waals surface area contributed by atoms with E-state index in [9.17, 15) is 18.0 Å². The molecule has 3 aromatic rings. The van der Waals surface area contributed by atoms with E-state index in [-0.39, 0.29) is 24.5 Å². The van der Waals surface area contributed by atoms with Crippen LogP contribution in [0.15, 0.2) is 60.9 Å². The number of aromatic nitrogens is 1. The van der Waals surface area contributed by atoms with Gasteiger partial charge in [0.15, 0.2) is 0 Å². The molecule has 0 radical (unpaired) electrons. The zero-order valence-corrected chi connectivity index (χ0v) is 19.4. The molecule has 0 saturated carbocycles. The number of halogens is 3. The van der Waals surface area contributed by atoms with Crippen molar-refractivity contribution in [2.75, 3.05) is 18.4 Å². The largest absolute Gasteiger partial charge is 0.373 e. The van der Waals surface area contributed by atoms with E-state index in [1.807, 2.05) is 6.92 Å². The smallest absolute Gasteiger partial charge is 0.225 e. The summed E-state index contributed by atoms with van der Waals surface area (Å²) in [6.07, 6.45) is 3.58. The van der Waals surface area contributed by atoms with Crippen LogP contribution in [0.2, 0.25) is 0 Å². The Balaban J connectivity index is 1.50. The molecule has 1 aliphatic rings. The lowest BCUT2D eigenvalue weighted by molar-refractivity contribution is -0.116. The summed E-state index contributed by atoms with van der Waals surface area (Å²) in [6.45, 7) is 3.46. The van der Waals surface area contributed by atoms with Crippen LogP contribution in [0.4, 0.5) is 18.9 Å². The van der Waals surface area contributed by atoms with Crippen LogP contribution in [0.3, 0.4) is 0 Å². The van der Waals surface area contributed by atoms with E-state index in [4.69, 9.17) is 4.74 Å². The van der Waals surface area contributed by atoms with Crippen molar-refractivity contribution in [2.45, 2.75) is 44.3 Å². The Morgan fingerprint density at radius 3 is 2.26 bits per heavy atom. The number of benzene rings is 2. The Morgan fingerprint density at radius 1 is 1.03 bits per heavy atom. The molecule has 1 aliphatic heterocycles. The molecule has 35 heavy (non-hydrogen) atoms. The predicted molar refractivity (Wildman–Crippen MR) is 128 cm³/mol. The standard InChI is InChI=1S/C27H28F3N3O2/c1-17-13-31-14-22(35-17)10-11-23-25(30)15-32-16-26(23)33-27(34)12-24(18-2-6-20(28)7-3-18)19-4-8-21(29)9-5-19/h2-9,15-17,22,24,31H,10-14H2,1H3,(H,33,34)/t17-,22+/m0/s1. The molecule has 1 saturated heterocycles. The number of pyridine rings is 1. The minimum atomic E-state index is -0.492. The third-order valence-corrected chi connectivity index (χ3v) is 6.16. The van der Waals surface area contributed by atoms with Gasteiger partial charge in [-0.25, -0.2) is 13.2 Å². The summed E-state index contributed by atoms with van der Waals surface area (Å²) in [4.78, 5) is 17.0. The number of carbonyl (C=O) groups is 1. The van der Waals surface area contributed by atoms with Gasteiger partial charge in [-0.15, -0.1) is 0 Å². The first-order valence-corrected chi connectivity index (χ1v) is 11.7. The highest BCUT2D eigenvalue weighted by atomic mass is 19.1. The fourth-order valence-electron chi connectivity index (χ4n) is 4.38. The van der Waals surface area contributed by atoms with E-state index in [2.05, 4.69) is 15.6 Å². The molecule has 1 amide bonds. The second-order valence-electron chi connectivity index (χ2n) is 8.82. The highest BCUT2D eigenvalue weighted by Crippen LogP contribution is 2.30. The number of carbonyl (C=O) groups excluding carboxylic acids is 1. The fourth-order valence-corrected chi connectivity index (χ4v) is 4.38. The van der Waals surface area contributed by atoms with E-state index in [1.54, 1.807) is 24.3 Å². The average molecular weight is 484 g/mol. The maximum atomic E-state index is 14.7. The van der Waals surface area contributed by atoms with Crippen molar-refractivity contribution in [3.63, 3.8) is 0 Å². The molecule has 1 aromatic heterocycles. The Kier molecular flexibility index (Phi) is 8.15. The van der Waals surface area contributed by atoms with Crippen LogP contribution in [-0.2, 0) is 16.0 Å². The SMILES string of the molecule is C[C@H]1CNC[C@@H](CCc2c(F)cncc2NC(=O)CC(c2ccc(F)cc2)c2ccc(F)cc2)O1. The van der Waals surface area contributed by atoms with Gasteiger partial charge in [0.25, 0.3) is 0 Å². The predicted octanol–water partition coefficient (Wildman–Crippen LogP) is 4.97. The van der Waals surface area contributed by atoms with Crippen molar-refractivity contribution in [3.05, 3.63) is 95.1 Å². The minimum absolute atomic E-state index is 0.000386. The number of amides is 1. The van der Waals surface area contributed by atoms with Gasteiger partial charge in [0.05, 0.1) is 30.3 Å². The summed E-state index contributed by atoms with van der Waals surface area (Å²) in [5, 5.41) is 6.09. The van der Waals surface area contributed by atoms with Crippen LogP contribution in [0, 0.1) is 17.5 Å². The second-order valence-corrected chi connectivity index (χ2v) is 8.82. The summed E-state index contributed by atoms with van der Waals surface area (Å²) in [5.74, 6) is -2.07. The first-order valence-electron chi connectivity index (χ1n) is 11.7.